The van der Waals surface area contributed by atoms with Crippen LogP contribution in [0.3, 0.4) is 0 Å². The van der Waals surface area contributed by atoms with Crippen LogP contribution in [0, 0.1) is 0 Å². The highest BCUT2D eigenvalue weighted by Gasteiger charge is 2.32. The molecule has 2 fully saturated rings. The fourth-order valence-corrected chi connectivity index (χ4v) is 2.80. The van der Waals surface area contributed by atoms with Gasteiger partial charge in [0, 0.05) is 42.0 Å². The van der Waals surface area contributed by atoms with Crippen LogP contribution >= 0.6 is 0 Å². The second-order valence-corrected chi connectivity index (χ2v) is 6.26. The molecule has 5 nitrogen and oxygen atoms in total. The van der Waals surface area contributed by atoms with Crippen LogP contribution in [-0.2, 0) is 6.54 Å². The Morgan fingerprint density at radius 2 is 1.91 bits per heavy atom. The lowest BCUT2D eigenvalue weighted by molar-refractivity contribution is 0.0951. The molecule has 0 saturated heterocycles. The second-order valence-electron chi connectivity index (χ2n) is 6.26. The lowest BCUT2D eigenvalue weighted by Gasteiger charge is -2.08. The lowest BCUT2D eigenvalue weighted by Crippen LogP contribution is -2.28. The van der Waals surface area contributed by atoms with Crippen LogP contribution in [0.4, 0.5) is 0 Å². The van der Waals surface area contributed by atoms with E-state index < -0.39 is 0 Å². The Morgan fingerprint density at radius 3 is 2.59 bits per heavy atom. The Balaban J connectivity index is 1.38. The minimum atomic E-state index is -0.0510. The van der Waals surface area contributed by atoms with Crippen LogP contribution in [0.25, 0.3) is 0 Å². The SMILES string of the molecule is O=C(NCCn1nc(C2CC2)cc1C1CC1)c1ccncc1. The van der Waals surface area contributed by atoms with Gasteiger partial charge in [-0.3, -0.25) is 14.5 Å². The maximum absolute atomic E-state index is 12.0. The Bertz CT molecular complexity index is 671. The van der Waals surface area contributed by atoms with Crippen LogP contribution in [0.5, 0.6) is 0 Å². The molecule has 0 aromatic carbocycles. The normalized spacial score (nSPS) is 17.5. The smallest absolute Gasteiger partial charge is 0.251 e. The van der Waals surface area contributed by atoms with Crippen LogP contribution in [0.1, 0.15) is 59.3 Å². The van der Waals surface area contributed by atoms with Crippen LogP contribution in [0.15, 0.2) is 30.6 Å². The number of amides is 1. The van der Waals surface area contributed by atoms with Gasteiger partial charge in [0.25, 0.3) is 5.91 Å². The molecule has 5 heteroatoms. The van der Waals surface area contributed by atoms with Crippen molar-refractivity contribution in [1.29, 1.82) is 0 Å². The molecule has 0 atom stereocenters. The number of carbonyl (C=O) groups is 1. The van der Waals surface area contributed by atoms with Gasteiger partial charge in [-0.1, -0.05) is 0 Å². The average molecular weight is 296 g/mol. The first kappa shape index (κ1) is 13.5. The van der Waals surface area contributed by atoms with Crippen LogP contribution in [0.2, 0.25) is 0 Å². The number of nitrogens with zero attached hydrogens (tertiary/aromatic N) is 3. The third kappa shape index (κ3) is 2.89. The zero-order valence-corrected chi connectivity index (χ0v) is 12.5. The predicted molar refractivity (Wildman–Crippen MR) is 82.7 cm³/mol. The lowest BCUT2D eigenvalue weighted by atomic mass is 10.2. The number of hydrogen-bond donors (Lipinski definition) is 1. The molecule has 1 N–H and O–H groups in total. The zero-order chi connectivity index (χ0) is 14.9. The zero-order valence-electron chi connectivity index (χ0n) is 12.5. The molecule has 0 bridgehead atoms. The average Bonchev–Trinajstić information content (AvgIpc) is 3.47. The Kier molecular flexibility index (Phi) is 3.41. The molecular formula is C17H20N4O. The number of aromatic nitrogens is 3. The van der Waals surface area contributed by atoms with Gasteiger partial charge in [-0.15, -0.1) is 0 Å². The number of rotatable bonds is 6. The highest BCUT2D eigenvalue weighted by Crippen LogP contribution is 2.44. The first-order valence-electron chi connectivity index (χ1n) is 8.07. The third-order valence-corrected chi connectivity index (χ3v) is 4.37. The third-order valence-electron chi connectivity index (χ3n) is 4.37. The molecule has 0 unspecified atom stereocenters. The number of pyridine rings is 1. The minimum absolute atomic E-state index is 0.0510. The van der Waals surface area contributed by atoms with Gasteiger partial charge >= 0.3 is 0 Å². The monoisotopic (exact) mass is 296 g/mol. The van der Waals surface area contributed by atoms with Gasteiger partial charge in [0.05, 0.1) is 12.2 Å². The molecule has 0 aliphatic heterocycles. The molecule has 2 aromatic heterocycles. The molecular weight excluding hydrogens is 276 g/mol. The quantitative estimate of drug-likeness (QED) is 0.891. The van der Waals surface area contributed by atoms with E-state index in [-0.39, 0.29) is 5.91 Å². The van der Waals surface area contributed by atoms with Crippen molar-refractivity contribution in [3.8, 4) is 0 Å². The molecule has 114 valence electrons. The number of carbonyl (C=O) groups excluding carboxylic acids is 1. The van der Waals surface area contributed by atoms with Gasteiger partial charge in [0.2, 0.25) is 0 Å². The summed E-state index contributed by atoms with van der Waals surface area (Å²) in [6.07, 6.45) is 8.38. The first-order chi connectivity index (χ1) is 10.8. The van der Waals surface area contributed by atoms with Crippen molar-refractivity contribution < 1.29 is 4.79 Å². The molecule has 4 rings (SSSR count). The van der Waals surface area contributed by atoms with E-state index in [1.54, 1.807) is 24.5 Å². The Labute approximate surface area is 129 Å². The fraction of sp³-hybridized carbons (Fsp3) is 0.471. The van der Waals surface area contributed by atoms with E-state index in [9.17, 15) is 4.79 Å². The molecule has 2 aromatic rings. The summed E-state index contributed by atoms with van der Waals surface area (Å²) in [7, 11) is 0. The highest BCUT2D eigenvalue weighted by atomic mass is 16.1. The van der Waals surface area contributed by atoms with Gasteiger partial charge in [-0.05, 0) is 43.9 Å². The summed E-state index contributed by atoms with van der Waals surface area (Å²) < 4.78 is 2.11. The van der Waals surface area contributed by atoms with E-state index in [1.165, 1.54) is 37.1 Å². The molecule has 2 heterocycles. The second kappa shape index (κ2) is 5.55. The van der Waals surface area contributed by atoms with Gasteiger partial charge in [-0.25, -0.2) is 0 Å². The van der Waals surface area contributed by atoms with E-state index in [0.29, 0.717) is 23.9 Å². The van der Waals surface area contributed by atoms with Crippen molar-refractivity contribution in [2.75, 3.05) is 6.54 Å². The van der Waals surface area contributed by atoms with Crippen molar-refractivity contribution >= 4 is 5.91 Å². The van der Waals surface area contributed by atoms with Crippen molar-refractivity contribution in [2.45, 2.75) is 44.1 Å². The molecule has 2 aliphatic carbocycles. The predicted octanol–water partition coefficient (Wildman–Crippen LogP) is 2.46. The van der Waals surface area contributed by atoms with Gasteiger partial charge in [-0.2, -0.15) is 5.10 Å². The minimum Gasteiger partial charge on any atom is -0.350 e. The summed E-state index contributed by atoms with van der Waals surface area (Å²) in [6, 6.07) is 5.74. The fourth-order valence-electron chi connectivity index (χ4n) is 2.80. The Morgan fingerprint density at radius 1 is 1.18 bits per heavy atom. The van der Waals surface area contributed by atoms with Gasteiger partial charge < -0.3 is 5.32 Å². The van der Waals surface area contributed by atoms with Crippen molar-refractivity contribution in [1.82, 2.24) is 20.1 Å². The largest absolute Gasteiger partial charge is 0.350 e. The van der Waals surface area contributed by atoms with E-state index in [1.807, 2.05) is 0 Å². The van der Waals surface area contributed by atoms with Gasteiger partial charge in [0.15, 0.2) is 0 Å². The van der Waals surface area contributed by atoms with Crippen molar-refractivity contribution in [3.63, 3.8) is 0 Å². The summed E-state index contributed by atoms with van der Waals surface area (Å²) in [5.74, 6) is 1.33. The summed E-state index contributed by atoms with van der Waals surface area (Å²) in [6.45, 7) is 1.35. The standard InChI is InChI=1S/C17H20N4O/c22-17(14-5-7-18-8-6-14)19-9-10-21-16(13-3-4-13)11-15(20-21)12-1-2-12/h5-8,11-13H,1-4,9-10H2,(H,19,22). The van der Waals surface area contributed by atoms with E-state index in [0.717, 1.165) is 6.54 Å². The summed E-state index contributed by atoms with van der Waals surface area (Å²) in [5.41, 5.74) is 3.26. The molecule has 2 aliphatic rings. The highest BCUT2D eigenvalue weighted by molar-refractivity contribution is 5.93. The molecule has 2 saturated carbocycles. The molecule has 0 radical (unpaired) electrons. The summed E-state index contributed by atoms with van der Waals surface area (Å²) >= 11 is 0. The summed E-state index contributed by atoms with van der Waals surface area (Å²) in [4.78, 5) is 15.9. The van der Waals surface area contributed by atoms with Crippen molar-refractivity contribution in [2.24, 2.45) is 0 Å². The molecule has 1 amide bonds. The Hall–Kier alpha value is -2.17. The van der Waals surface area contributed by atoms with E-state index in [2.05, 4.69) is 21.0 Å². The van der Waals surface area contributed by atoms with Crippen molar-refractivity contribution in [3.05, 3.63) is 47.5 Å². The van der Waals surface area contributed by atoms with E-state index >= 15 is 0 Å². The number of nitrogens with one attached hydrogen (secondary N) is 1. The van der Waals surface area contributed by atoms with Crippen LogP contribution < -0.4 is 5.32 Å². The van der Waals surface area contributed by atoms with Gasteiger partial charge in [0.1, 0.15) is 0 Å². The first-order valence-corrected chi connectivity index (χ1v) is 8.07. The van der Waals surface area contributed by atoms with E-state index in [4.69, 9.17) is 5.10 Å². The maximum Gasteiger partial charge on any atom is 0.251 e. The molecule has 22 heavy (non-hydrogen) atoms. The van der Waals surface area contributed by atoms with Crippen LogP contribution in [-0.4, -0.2) is 27.2 Å². The maximum atomic E-state index is 12.0. The molecule has 0 spiro atoms. The topological polar surface area (TPSA) is 59.8 Å². The summed E-state index contributed by atoms with van der Waals surface area (Å²) in [5, 5.41) is 7.72. The number of hydrogen-bond acceptors (Lipinski definition) is 3.